The van der Waals surface area contributed by atoms with Crippen molar-refractivity contribution in [2.45, 2.75) is 46.1 Å². The summed E-state index contributed by atoms with van der Waals surface area (Å²) in [6.45, 7) is 8.77. The lowest BCUT2D eigenvalue weighted by atomic mass is 10.1. The molecular formula is C20H27NO4S. The maximum Gasteiger partial charge on any atom is 0.231 e. The molecule has 1 aromatic carbocycles. The molecule has 0 aliphatic carbocycles. The zero-order valence-electron chi connectivity index (χ0n) is 15.6. The Balaban J connectivity index is 1.67. The van der Waals surface area contributed by atoms with E-state index in [2.05, 4.69) is 30.0 Å². The molecule has 0 unspecified atom stereocenters. The van der Waals surface area contributed by atoms with E-state index in [0.717, 1.165) is 30.2 Å². The van der Waals surface area contributed by atoms with Crippen LogP contribution in [0.1, 0.15) is 29.2 Å². The quantitative estimate of drug-likeness (QED) is 0.724. The van der Waals surface area contributed by atoms with Crippen molar-refractivity contribution in [3.63, 3.8) is 0 Å². The van der Waals surface area contributed by atoms with E-state index in [1.165, 1.54) is 9.75 Å². The lowest BCUT2D eigenvalue weighted by Crippen LogP contribution is -2.34. The van der Waals surface area contributed by atoms with Gasteiger partial charge in [-0.15, -0.1) is 11.3 Å². The summed E-state index contributed by atoms with van der Waals surface area (Å²) in [6.07, 6.45) is -0.403. The van der Waals surface area contributed by atoms with Crippen LogP contribution < -0.4 is 9.47 Å². The van der Waals surface area contributed by atoms with Crippen LogP contribution in [0.25, 0.3) is 0 Å². The second kappa shape index (κ2) is 8.86. The van der Waals surface area contributed by atoms with E-state index in [1.54, 1.807) is 11.3 Å². The molecule has 3 rings (SSSR count). The Labute approximate surface area is 159 Å². The van der Waals surface area contributed by atoms with Gasteiger partial charge in [-0.3, -0.25) is 4.90 Å². The molecule has 1 atom stereocenters. The summed E-state index contributed by atoms with van der Waals surface area (Å²) in [7, 11) is 0. The third kappa shape index (κ3) is 5.45. The molecule has 26 heavy (non-hydrogen) atoms. The van der Waals surface area contributed by atoms with E-state index in [1.807, 2.05) is 26.0 Å². The maximum atomic E-state index is 10.4. The number of ether oxygens (including phenoxy) is 3. The number of benzene rings is 1. The third-order valence-corrected chi connectivity index (χ3v) is 5.09. The van der Waals surface area contributed by atoms with Crippen LogP contribution in [0, 0.1) is 6.92 Å². The van der Waals surface area contributed by atoms with Gasteiger partial charge in [0.05, 0.1) is 18.8 Å². The van der Waals surface area contributed by atoms with E-state index in [9.17, 15) is 5.11 Å². The van der Waals surface area contributed by atoms with Crippen molar-refractivity contribution in [3.8, 4) is 11.5 Å². The Kier molecular flexibility index (Phi) is 6.53. The molecule has 0 spiro atoms. The first kappa shape index (κ1) is 19.2. The van der Waals surface area contributed by atoms with Gasteiger partial charge in [-0.05, 0) is 50.6 Å². The van der Waals surface area contributed by atoms with Crippen molar-refractivity contribution in [2.75, 3.05) is 19.9 Å². The Morgan fingerprint density at radius 3 is 2.69 bits per heavy atom. The Hall–Kier alpha value is -1.60. The van der Waals surface area contributed by atoms with E-state index >= 15 is 0 Å². The minimum absolute atomic E-state index is 0.118. The molecule has 1 aliphatic heterocycles. The predicted octanol–water partition coefficient (Wildman–Crippen LogP) is 3.57. The summed E-state index contributed by atoms with van der Waals surface area (Å²) in [4.78, 5) is 4.84. The molecule has 5 nitrogen and oxygen atoms in total. The summed E-state index contributed by atoms with van der Waals surface area (Å²) in [6, 6.07) is 10.3. The SMILES string of the molecule is Cc1ccc(CN(Cc2ccc3c(c2)OCO3)C[C@H](O)COC(C)C)s1. The second-order valence-electron chi connectivity index (χ2n) is 6.91. The van der Waals surface area contributed by atoms with Crippen molar-refractivity contribution < 1.29 is 19.3 Å². The van der Waals surface area contributed by atoms with Crippen LogP contribution in [-0.2, 0) is 17.8 Å². The third-order valence-electron chi connectivity index (χ3n) is 4.11. The van der Waals surface area contributed by atoms with Crippen LogP contribution in [-0.4, -0.2) is 42.2 Å². The van der Waals surface area contributed by atoms with E-state index in [0.29, 0.717) is 13.2 Å². The molecule has 0 saturated carbocycles. The topological polar surface area (TPSA) is 51.2 Å². The van der Waals surface area contributed by atoms with Gasteiger partial charge in [0.1, 0.15) is 0 Å². The largest absolute Gasteiger partial charge is 0.454 e. The number of nitrogens with zero attached hydrogens (tertiary/aromatic N) is 1. The van der Waals surface area contributed by atoms with Gasteiger partial charge >= 0.3 is 0 Å². The van der Waals surface area contributed by atoms with Crippen molar-refractivity contribution >= 4 is 11.3 Å². The molecule has 0 bridgehead atoms. The first-order chi connectivity index (χ1) is 12.5. The summed E-state index contributed by atoms with van der Waals surface area (Å²) >= 11 is 1.79. The molecular weight excluding hydrogens is 350 g/mol. The van der Waals surface area contributed by atoms with Crippen molar-refractivity contribution in [2.24, 2.45) is 0 Å². The van der Waals surface area contributed by atoms with Gasteiger partial charge in [0.25, 0.3) is 0 Å². The van der Waals surface area contributed by atoms with Gasteiger partial charge in [0.2, 0.25) is 6.79 Å². The zero-order valence-corrected chi connectivity index (χ0v) is 16.4. The monoisotopic (exact) mass is 377 g/mol. The molecule has 0 amide bonds. The van der Waals surface area contributed by atoms with Gasteiger partial charge in [-0.25, -0.2) is 0 Å². The minimum atomic E-state index is -0.521. The molecule has 1 aromatic heterocycles. The second-order valence-corrected chi connectivity index (χ2v) is 8.28. The van der Waals surface area contributed by atoms with Gasteiger partial charge in [-0.2, -0.15) is 0 Å². The molecule has 1 aliphatic rings. The molecule has 0 fully saturated rings. The van der Waals surface area contributed by atoms with Crippen LogP contribution in [0.2, 0.25) is 0 Å². The molecule has 6 heteroatoms. The summed E-state index contributed by atoms with van der Waals surface area (Å²) in [5, 5.41) is 10.4. The van der Waals surface area contributed by atoms with Crippen LogP contribution in [0.4, 0.5) is 0 Å². The van der Waals surface area contributed by atoms with Gasteiger partial charge in [-0.1, -0.05) is 6.07 Å². The van der Waals surface area contributed by atoms with Crippen molar-refractivity contribution in [3.05, 3.63) is 45.6 Å². The number of aliphatic hydroxyl groups excluding tert-OH is 1. The van der Waals surface area contributed by atoms with Gasteiger partial charge in [0, 0.05) is 29.4 Å². The van der Waals surface area contributed by atoms with Crippen LogP contribution in [0.15, 0.2) is 30.3 Å². The average Bonchev–Trinajstić information content (AvgIpc) is 3.21. The number of aryl methyl sites for hydroxylation is 1. The number of thiophene rings is 1. The van der Waals surface area contributed by atoms with Crippen LogP contribution in [0.3, 0.4) is 0 Å². The van der Waals surface area contributed by atoms with E-state index in [4.69, 9.17) is 14.2 Å². The highest BCUT2D eigenvalue weighted by atomic mass is 32.1. The highest BCUT2D eigenvalue weighted by molar-refractivity contribution is 7.11. The highest BCUT2D eigenvalue weighted by Crippen LogP contribution is 2.33. The normalized spacial score (nSPS) is 14.4. The van der Waals surface area contributed by atoms with Gasteiger partial charge < -0.3 is 19.3 Å². The Bertz CT molecular complexity index is 716. The Morgan fingerprint density at radius 1 is 1.15 bits per heavy atom. The fourth-order valence-electron chi connectivity index (χ4n) is 2.93. The molecule has 2 aromatic rings. The lowest BCUT2D eigenvalue weighted by Gasteiger charge is -2.25. The van der Waals surface area contributed by atoms with Crippen molar-refractivity contribution in [1.82, 2.24) is 4.90 Å². The highest BCUT2D eigenvalue weighted by Gasteiger charge is 2.17. The first-order valence-electron chi connectivity index (χ1n) is 8.95. The summed E-state index contributed by atoms with van der Waals surface area (Å²) < 4.78 is 16.4. The van der Waals surface area contributed by atoms with Crippen LogP contribution >= 0.6 is 11.3 Å². The zero-order chi connectivity index (χ0) is 18.5. The lowest BCUT2D eigenvalue weighted by molar-refractivity contribution is -0.0105. The van der Waals surface area contributed by atoms with Crippen LogP contribution in [0.5, 0.6) is 11.5 Å². The average molecular weight is 378 g/mol. The van der Waals surface area contributed by atoms with Crippen molar-refractivity contribution in [1.29, 1.82) is 0 Å². The number of fused-ring (bicyclic) bond motifs is 1. The first-order valence-corrected chi connectivity index (χ1v) is 9.77. The molecule has 0 radical (unpaired) electrons. The molecule has 142 valence electrons. The number of rotatable bonds is 9. The summed E-state index contributed by atoms with van der Waals surface area (Å²) in [5.74, 6) is 1.58. The van der Waals surface area contributed by atoms with Gasteiger partial charge in [0.15, 0.2) is 11.5 Å². The standard InChI is InChI=1S/C20H27NO4S/c1-14(2)23-12-17(22)10-21(11-18-6-4-15(3)26-18)9-16-5-7-19-20(8-16)25-13-24-19/h4-8,14,17,22H,9-13H2,1-3H3/t17-/m0/s1. The number of aliphatic hydroxyl groups is 1. The smallest absolute Gasteiger partial charge is 0.231 e. The number of hydrogen-bond acceptors (Lipinski definition) is 6. The minimum Gasteiger partial charge on any atom is -0.454 e. The maximum absolute atomic E-state index is 10.4. The molecule has 0 saturated heterocycles. The van der Waals surface area contributed by atoms with E-state index < -0.39 is 6.10 Å². The molecule has 1 N–H and O–H groups in total. The molecule has 2 heterocycles. The Morgan fingerprint density at radius 2 is 1.96 bits per heavy atom. The van der Waals surface area contributed by atoms with E-state index in [-0.39, 0.29) is 12.9 Å². The predicted molar refractivity (Wildman–Crippen MR) is 103 cm³/mol. The summed E-state index contributed by atoms with van der Waals surface area (Å²) in [5.41, 5.74) is 1.14. The fourth-order valence-corrected chi connectivity index (χ4v) is 3.86. The number of hydrogen-bond donors (Lipinski definition) is 1. The fraction of sp³-hybridized carbons (Fsp3) is 0.500.